The van der Waals surface area contributed by atoms with Gasteiger partial charge in [-0.2, -0.15) is 0 Å². The maximum Gasteiger partial charge on any atom is 0.348 e. The van der Waals surface area contributed by atoms with Crippen molar-refractivity contribution >= 4 is 45.0 Å². The van der Waals surface area contributed by atoms with E-state index in [2.05, 4.69) is 5.32 Å². The Labute approximate surface area is 169 Å². The molecule has 0 aliphatic rings. The monoisotopic (exact) mass is 414 g/mol. The average Bonchev–Trinajstić information content (AvgIpc) is 3.04. The molecule has 1 N–H and O–H groups in total. The van der Waals surface area contributed by atoms with Crippen LogP contribution in [0.5, 0.6) is 0 Å². The van der Waals surface area contributed by atoms with Crippen molar-refractivity contribution in [2.45, 2.75) is 13.5 Å². The molecule has 2 heterocycles. The summed E-state index contributed by atoms with van der Waals surface area (Å²) < 4.78 is 10.8. The molecule has 9 heteroatoms. The largest absolute Gasteiger partial charge is 0.465 e. The first-order chi connectivity index (χ1) is 13.9. The first-order valence-corrected chi connectivity index (χ1v) is 9.37. The number of nitrogens with zero attached hydrogens (tertiary/aromatic N) is 1. The van der Waals surface area contributed by atoms with Crippen LogP contribution in [-0.4, -0.2) is 36.6 Å². The minimum absolute atomic E-state index is 0.0807. The third-order valence-electron chi connectivity index (χ3n) is 4.36. The maximum atomic E-state index is 12.6. The summed E-state index contributed by atoms with van der Waals surface area (Å²) in [6, 6.07) is 8.82. The van der Waals surface area contributed by atoms with Crippen LogP contribution < -0.4 is 10.9 Å². The molecule has 150 valence electrons. The predicted octanol–water partition coefficient (Wildman–Crippen LogP) is 2.58. The Hall–Kier alpha value is -3.46. The summed E-state index contributed by atoms with van der Waals surface area (Å²) in [4.78, 5) is 49.4. The highest BCUT2D eigenvalue weighted by molar-refractivity contribution is 7.18. The molecule has 0 saturated heterocycles. The van der Waals surface area contributed by atoms with Gasteiger partial charge in [0.1, 0.15) is 16.4 Å². The molecule has 0 spiro atoms. The standard InChI is InChI=1S/C20H18N2O6S/c1-11-15(19(25)27-2)17(29-16(11)20(26)28-3)21-14(23)10-22-9-8-12-6-4-5-7-13(12)18(22)24/h4-9H,10H2,1-3H3,(H,21,23). The molecule has 0 unspecified atom stereocenters. The zero-order valence-corrected chi connectivity index (χ0v) is 16.8. The number of anilines is 1. The number of pyridine rings is 1. The van der Waals surface area contributed by atoms with Crippen molar-refractivity contribution in [3.8, 4) is 0 Å². The fraction of sp³-hybridized carbons (Fsp3) is 0.200. The van der Waals surface area contributed by atoms with Crippen molar-refractivity contribution < 1.29 is 23.9 Å². The molecule has 29 heavy (non-hydrogen) atoms. The summed E-state index contributed by atoms with van der Waals surface area (Å²) >= 11 is 0.913. The summed E-state index contributed by atoms with van der Waals surface area (Å²) in [5, 5.41) is 4.04. The van der Waals surface area contributed by atoms with E-state index in [-0.39, 0.29) is 27.5 Å². The first-order valence-electron chi connectivity index (χ1n) is 8.55. The SMILES string of the molecule is COC(=O)c1sc(NC(=O)Cn2ccc3ccccc3c2=O)c(C(=O)OC)c1C. The third kappa shape index (κ3) is 3.90. The highest BCUT2D eigenvalue weighted by Crippen LogP contribution is 2.34. The van der Waals surface area contributed by atoms with E-state index in [0.717, 1.165) is 16.7 Å². The number of aromatic nitrogens is 1. The molecule has 0 saturated carbocycles. The number of hydrogen-bond acceptors (Lipinski definition) is 7. The number of methoxy groups -OCH3 is 2. The van der Waals surface area contributed by atoms with E-state index in [1.165, 1.54) is 25.0 Å². The van der Waals surface area contributed by atoms with E-state index in [4.69, 9.17) is 9.47 Å². The van der Waals surface area contributed by atoms with Gasteiger partial charge in [-0.15, -0.1) is 11.3 Å². The van der Waals surface area contributed by atoms with Gasteiger partial charge in [0.05, 0.1) is 19.8 Å². The van der Waals surface area contributed by atoms with Crippen LogP contribution >= 0.6 is 11.3 Å². The van der Waals surface area contributed by atoms with E-state index in [1.807, 2.05) is 12.1 Å². The quantitative estimate of drug-likeness (QED) is 0.644. The molecule has 0 radical (unpaired) electrons. The average molecular weight is 414 g/mol. The lowest BCUT2D eigenvalue weighted by molar-refractivity contribution is -0.116. The summed E-state index contributed by atoms with van der Waals surface area (Å²) in [6.45, 7) is 1.31. The lowest BCUT2D eigenvalue weighted by Gasteiger charge is -2.09. The second-order valence-electron chi connectivity index (χ2n) is 6.13. The molecule has 3 aromatic rings. The Morgan fingerprint density at radius 2 is 1.76 bits per heavy atom. The predicted molar refractivity (Wildman–Crippen MR) is 109 cm³/mol. The lowest BCUT2D eigenvalue weighted by Crippen LogP contribution is -2.27. The smallest absolute Gasteiger partial charge is 0.348 e. The summed E-state index contributed by atoms with van der Waals surface area (Å²) in [5.41, 5.74) is 0.132. The molecule has 2 aromatic heterocycles. The van der Waals surface area contributed by atoms with Crippen molar-refractivity contribution in [3.63, 3.8) is 0 Å². The van der Waals surface area contributed by atoms with Crippen molar-refractivity contribution in [3.05, 3.63) is 62.9 Å². The minimum Gasteiger partial charge on any atom is -0.465 e. The molecule has 1 aromatic carbocycles. The molecule has 0 atom stereocenters. The first kappa shape index (κ1) is 20.3. The maximum absolute atomic E-state index is 12.6. The molecular formula is C20H18N2O6S. The fourth-order valence-electron chi connectivity index (χ4n) is 2.91. The molecule has 1 amide bonds. The molecule has 0 fully saturated rings. The number of amides is 1. The number of nitrogens with one attached hydrogen (secondary N) is 1. The summed E-state index contributed by atoms with van der Waals surface area (Å²) in [6.07, 6.45) is 1.53. The number of ether oxygens (including phenoxy) is 2. The van der Waals surface area contributed by atoms with Crippen molar-refractivity contribution in [2.24, 2.45) is 0 Å². The molecule has 8 nitrogen and oxygen atoms in total. The molecule has 0 bridgehead atoms. The Morgan fingerprint density at radius 1 is 1.07 bits per heavy atom. The van der Waals surface area contributed by atoms with Crippen molar-refractivity contribution in [2.75, 3.05) is 19.5 Å². The number of hydrogen-bond donors (Lipinski definition) is 1. The second-order valence-corrected chi connectivity index (χ2v) is 7.15. The van der Waals surface area contributed by atoms with Gasteiger partial charge < -0.3 is 19.4 Å². The number of carbonyl (C=O) groups excluding carboxylic acids is 3. The number of carbonyl (C=O) groups is 3. The van der Waals surface area contributed by atoms with Crippen LogP contribution in [0.3, 0.4) is 0 Å². The van der Waals surface area contributed by atoms with Crippen LogP contribution in [0.4, 0.5) is 5.00 Å². The molecular weight excluding hydrogens is 396 g/mol. The van der Waals surface area contributed by atoms with Crippen molar-refractivity contribution in [1.82, 2.24) is 4.57 Å². The van der Waals surface area contributed by atoms with Crippen LogP contribution in [0, 0.1) is 6.92 Å². The van der Waals surface area contributed by atoms with Crippen molar-refractivity contribution in [1.29, 1.82) is 0 Å². The van der Waals surface area contributed by atoms with E-state index in [1.54, 1.807) is 25.1 Å². The van der Waals surface area contributed by atoms with E-state index < -0.39 is 17.8 Å². The van der Waals surface area contributed by atoms with Gasteiger partial charge in [-0.3, -0.25) is 9.59 Å². The van der Waals surface area contributed by atoms with Crippen LogP contribution in [0.25, 0.3) is 10.8 Å². The highest BCUT2D eigenvalue weighted by Gasteiger charge is 2.26. The summed E-state index contributed by atoms with van der Waals surface area (Å²) in [5.74, 6) is -1.83. The van der Waals surface area contributed by atoms with Gasteiger partial charge in [-0.05, 0) is 30.0 Å². The minimum atomic E-state index is -0.688. The zero-order chi connectivity index (χ0) is 21.1. The van der Waals surface area contributed by atoms with E-state index in [0.29, 0.717) is 10.9 Å². The summed E-state index contributed by atoms with van der Waals surface area (Å²) in [7, 11) is 2.43. The van der Waals surface area contributed by atoms with Gasteiger partial charge in [-0.1, -0.05) is 18.2 Å². The van der Waals surface area contributed by atoms with E-state index >= 15 is 0 Å². The Bertz CT molecular complexity index is 1180. The number of esters is 2. The molecule has 0 aliphatic heterocycles. The van der Waals surface area contributed by atoms with Gasteiger partial charge in [0.2, 0.25) is 5.91 Å². The van der Waals surface area contributed by atoms with E-state index in [9.17, 15) is 19.2 Å². The number of rotatable bonds is 5. The van der Waals surface area contributed by atoms with Gasteiger partial charge in [0, 0.05) is 11.6 Å². The van der Waals surface area contributed by atoms with Gasteiger partial charge in [0.15, 0.2) is 0 Å². The van der Waals surface area contributed by atoms with Crippen LogP contribution in [0.1, 0.15) is 25.6 Å². The van der Waals surface area contributed by atoms with Gasteiger partial charge >= 0.3 is 11.9 Å². The molecule has 0 aliphatic carbocycles. The third-order valence-corrected chi connectivity index (χ3v) is 5.55. The Balaban J connectivity index is 1.91. The van der Waals surface area contributed by atoms with Gasteiger partial charge in [-0.25, -0.2) is 9.59 Å². The zero-order valence-electron chi connectivity index (χ0n) is 16.0. The normalized spacial score (nSPS) is 10.6. The lowest BCUT2D eigenvalue weighted by atomic mass is 10.1. The number of fused-ring (bicyclic) bond motifs is 1. The Kier molecular flexibility index (Phi) is 5.79. The number of thiophene rings is 1. The topological polar surface area (TPSA) is 104 Å². The van der Waals surface area contributed by atoms with Crippen LogP contribution in [0.2, 0.25) is 0 Å². The van der Waals surface area contributed by atoms with Crippen LogP contribution in [-0.2, 0) is 20.8 Å². The van der Waals surface area contributed by atoms with Crippen LogP contribution in [0.15, 0.2) is 41.3 Å². The number of benzene rings is 1. The highest BCUT2D eigenvalue weighted by atomic mass is 32.1. The Morgan fingerprint density at radius 3 is 2.45 bits per heavy atom. The van der Waals surface area contributed by atoms with Gasteiger partial charge in [0.25, 0.3) is 5.56 Å². The second kappa shape index (κ2) is 8.27. The molecule has 3 rings (SSSR count). The fourth-order valence-corrected chi connectivity index (χ4v) is 4.04.